The van der Waals surface area contributed by atoms with Gasteiger partial charge in [-0.15, -0.1) is 0 Å². The number of hydrogen-bond donors (Lipinski definition) is 5. The van der Waals surface area contributed by atoms with Crippen molar-refractivity contribution in [2.24, 2.45) is 0 Å². The fourth-order valence-electron chi connectivity index (χ4n) is 3.89. The van der Waals surface area contributed by atoms with Crippen LogP contribution in [0.1, 0.15) is 42.1 Å². The Labute approximate surface area is 220 Å². The number of hydrogen-bond acceptors (Lipinski definition) is 6. The SMILES string of the molecule is C[C@@H](O)[C@@H]1NC(=O)CC[C@@H](C(=O)NCCc2ccc(F)cc2)NC(=O)c2ccccc2OCCCNC1=O. The lowest BCUT2D eigenvalue weighted by Gasteiger charge is -2.23. The predicted molar refractivity (Wildman–Crippen MR) is 137 cm³/mol. The van der Waals surface area contributed by atoms with E-state index >= 15 is 0 Å². The van der Waals surface area contributed by atoms with E-state index in [0.717, 1.165) is 5.56 Å². The van der Waals surface area contributed by atoms with Crippen molar-refractivity contribution in [2.45, 2.75) is 50.8 Å². The van der Waals surface area contributed by atoms with Crippen LogP contribution in [-0.4, -0.2) is 66.6 Å². The van der Waals surface area contributed by atoms with Gasteiger partial charge in [-0.25, -0.2) is 4.39 Å². The van der Waals surface area contributed by atoms with Crippen LogP contribution in [0.3, 0.4) is 0 Å². The van der Waals surface area contributed by atoms with Crippen LogP contribution in [-0.2, 0) is 20.8 Å². The summed E-state index contributed by atoms with van der Waals surface area (Å²) in [5.41, 5.74) is 1.05. The molecule has 0 spiro atoms. The molecular formula is C27H33FN4O6. The van der Waals surface area contributed by atoms with E-state index in [0.29, 0.717) is 18.6 Å². The number of nitrogens with one attached hydrogen (secondary N) is 4. The Kier molecular flexibility index (Phi) is 10.6. The van der Waals surface area contributed by atoms with E-state index in [1.165, 1.54) is 19.1 Å². The van der Waals surface area contributed by atoms with Gasteiger partial charge in [0.25, 0.3) is 5.91 Å². The summed E-state index contributed by atoms with van der Waals surface area (Å²) < 4.78 is 18.9. The van der Waals surface area contributed by atoms with Gasteiger partial charge in [-0.3, -0.25) is 19.2 Å². The highest BCUT2D eigenvalue weighted by molar-refractivity contribution is 5.99. The average Bonchev–Trinajstić information content (AvgIpc) is 2.89. The van der Waals surface area contributed by atoms with E-state index < -0.39 is 41.8 Å². The number of carbonyl (C=O) groups is 4. The van der Waals surface area contributed by atoms with Gasteiger partial charge in [0.2, 0.25) is 17.7 Å². The van der Waals surface area contributed by atoms with E-state index in [2.05, 4.69) is 21.3 Å². The number of rotatable bonds is 5. The Morgan fingerprint density at radius 2 is 1.87 bits per heavy atom. The third kappa shape index (κ3) is 8.55. The highest BCUT2D eigenvalue weighted by Crippen LogP contribution is 2.19. The summed E-state index contributed by atoms with van der Waals surface area (Å²) in [6.07, 6.45) is -0.538. The number of halogens is 1. The topological polar surface area (TPSA) is 146 Å². The van der Waals surface area contributed by atoms with Gasteiger partial charge in [-0.1, -0.05) is 24.3 Å². The van der Waals surface area contributed by atoms with Gasteiger partial charge >= 0.3 is 0 Å². The summed E-state index contributed by atoms with van der Waals surface area (Å²) in [6.45, 7) is 2.06. The Morgan fingerprint density at radius 1 is 1.13 bits per heavy atom. The Hall–Kier alpha value is -3.99. The summed E-state index contributed by atoms with van der Waals surface area (Å²) in [5.74, 6) is -2.17. The molecule has 0 unspecified atom stereocenters. The molecule has 0 aliphatic carbocycles. The quantitative estimate of drug-likeness (QED) is 0.389. The van der Waals surface area contributed by atoms with Crippen molar-refractivity contribution in [1.29, 1.82) is 0 Å². The molecule has 0 saturated carbocycles. The van der Waals surface area contributed by atoms with Gasteiger partial charge in [0.1, 0.15) is 23.7 Å². The molecule has 3 rings (SSSR count). The van der Waals surface area contributed by atoms with Crippen molar-refractivity contribution in [2.75, 3.05) is 19.7 Å². The lowest BCUT2D eigenvalue weighted by atomic mass is 10.1. The normalized spacial score (nSPS) is 20.1. The van der Waals surface area contributed by atoms with E-state index in [1.54, 1.807) is 36.4 Å². The van der Waals surface area contributed by atoms with Crippen molar-refractivity contribution >= 4 is 23.6 Å². The van der Waals surface area contributed by atoms with Crippen LogP contribution in [0.2, 0.25) is 0 Å². The second kappa shape index (κ2) is 14.1. The Bertz CT molecular complexity index is 1120. The van der Waals surface area contributed by atoms with Crippen LogP contribution in [0.5, 0.6) is 5.75 Å². The smallest absolute Gasteiger partial charge is 0.255 e. The maximum absolute atomic E-state index is 13.1. The number of aliphatic hydroxyl groups excluding tert-OH is 1. The molecule has 11 heteroatoms. The maximum atomic E-state index is 13.1. The number of ether oxygens (including phenoxy) is 1. The lowest BCUT2D eigenvalue weighted by Crippen LogP contribution is -2.53. The first-order chi connectivity index (χ1) is 18.2. The molecule has 0 aromatic heterocycles. The van der Waals surface area contributed by atoms with E-state index in [4.69, 9.17) is 4.74 Å². The molecule has 1 aliphatic heterocycles. The highest BCUT2D eigenvalue weighted by Gasteiger charge is 2.28. The fraction of sp³-hybridized carbons (Fsp3) is 0.407. The van der Waals surface area contributed by atoms with Crippen molar-refractivity contribution in [3.05, 3.63) is 65.5 Å². The van der Waals surface area contributed by atoms with Crippen molar-refractivity contribution in [3.63, 3.8) is 0 Å². The van der Waals surface area contributed by atoms with Gasteiger partial charge in [0, 0.05) is 19.5 Å². The zero-order chi connectivity index (χ0) is 27.5. The minimum atomic E-state index is -1.17. The molecule has 3 atom stereocenters. The number of benzene rings is 2. The Balaban J connectivity index is 1.75. The summed E-state index contributed by atoms with van der Waals surface area (Å²) in [4.78, 5) is 51.2. The standard InChI is InChI=1S/C27H33FN4O6/c1-17(33)24-27(37)29-14-4-16-38-22-6-3-2-5-20(22)25(35)31-21(11-12-23(34)32-24)26(36)30-15-13-18-7-9-19(28)10-8-18/h2-3,5-10,17,21,24,33H,4,11-16H2,1H3,(H,29,37)(H,30,36)(H,31,35)(H,32,34)/t17-,21+,24+/m1/s1. The number of amides is 4. The van der Waals surface area contributed by atoms with Crippen molar-refractivity contribution in [3.8, 4) is 5.75 Å². The van der Waals surface area contributed by atoms with Gasteiger partial charge in [-0.05, 0) is 56.0 Å². The number of fused-ring (bicyclic) bond motifs is 1. The molecule has 5 N–H and O–H groups in total. The fourth-order valence-corrected chi connectivity index (χ4v) is 3.89. The van der Waals surface area contributed by atoms with Gasteiger partial charge in [0.15, 0.2) is 0 Å². The Morgan fingerprint density at radius 3 is 2.61 bits per heavy atom. The second-order valence-corrected chi connectivity index (χ2v) is 9.01. The second-order valence-electron chi connectivity index (χ2n) is 9.01. The molecule has 1 aliphatic rings. The molecule has 204 valence electrons. The van der Waals surface area contributed by atoms with E-state index in [9.17, 15) is 28.7 Å². The van der Waals surface area contributed by atoms with Gasteiger partial charge in [-0.2, -0.15) is 0 Å². The number of carbonyl (C=O) groups excluding carboxylic acids is 4. The van der Waals surface area contributed by atoms with Crippen molar-refractivity contribution < 1.29 is 33.4 Å². The minimum Gasteiger partial charge on any atom is -0.493 e. The first-order valence-electron chi connectivity index (χ1n) is 12.5. The summed E-state index contributed by atoms with van der Waals surface area (Å²) in [7, 11) is 0. The minimum absolute atomic E-state index is 0.0584. The maximum Gasteiger partial charge on any atom is 0.255 e. The molecule has 2 aromatic carbocycles. The first kappa shape index (κ1) is 28.6. The zero-order valence-corrected chi connectivity index (χ0v) is 21.2. The summed E-state index contributed by atoms with van der Waals surface area (Å²) in [6, 6.07) is 10.2. The van der Waals surface area contributed by atoms with E-state index in [1.807, 2.05) is 0 Å². The van der Waals surface area contributed by atoms with Crippen LogP contribution in [0.15, 0.2) is 48.5 Å². The van der Waals surface area contributed by atoms with Crippen molar-refractivity contribution in [1.82, 2.24) is 21.3 Å². The predicted octanol–water partition coefficient (Wildman–Crippen LogP) is 0.828. The van der Waals surface area contributed by atoms with Crippen LogP contribution in [0.25, 0.3) is 0 Å². The molecule has 1 heterocycles. The summed E-state index contributed by atoms with van der Waals surface area (Å²) >= 11 is 0. The molecule has 0 saturated heterocycles. The van der Waals surface area contributed by atoms with Crippen LogP contribution in [0.4, 0.5) is 4.39 Å². The van der Waals surface area contributed by atoms with Crippen LogP contribution >= 0.6 is 0 Å². The van der Waals surface area contributed by atoms with Gasteiger partial charge < -0.3 is 31.1 Å². The molecule has 4 amide bonds. The summed E-state index contributed by atoms with van der Waals surface area (Å²) in [5, 5.41) is 20.6. The zero-order valence-electron chi connectivity index (χ0n) is 21.2. The largest absolute Gasteiger partial charge is 0.493 e. The molecule has 2 aromatic rings. The van der Waals surface area contributed by atoms with Crippen LogP contribution < -0.4 is 26.0 Å². The molecule has 0 bridgehead atoms. The monoisotopic (exact) mass is 528 g/mol. The molecular weight excluding hydrogens is 495 g/mol. The number of para-hydroxylation sites is 1. The highest BCUT2D eigenvalue weighted by atomic mass is 19.1. The van der Waals surface area contributed by atoms with Gasteiger partial charge in [0.05, 0.1) is 18.3 Å². The lowest BCUT2D eigenvalue weighted by molar-refractivity contribution is -0.132. The average molecular weight is 529 g/mol. The van der Waals surface area contributed by atoms with E-state index in [-0.39, 0.29) is 43.9 Å². The molecule has 10 nitrogen and oxygen atoms in total. The number of aliphatic hydroxyl groups is 1. The third-order valence-corrected chi connectivity index (χ3v) is 6.00. The molecule has 38 heavy (non-hydrogen) atoms. The van der Waals surface area contributed by atoms with Crippen LogP contribution in [0, 0.1) is 5.82 Å². The third-order valence-electron chi connectivity index (χ3n) is 6.00. The molecule has 0 radical (unpaired) electrons. The molecule has 0 fully saturated rings. The first-order valence-corrected chi connectivity index (χ1v) is 12.5.